The molecule has 0 fully saturated rings. The highest BCUT2D eigenvalue weighted by Crippen LogP contribution is 2.57. The van der Waals surface area contributed by atoms with Crippen molar-refractivity contribution in [3.8, 4) is 34.4 Å². The molecule has 1 atom stereocenters. The molecule has 0 amide bonds. The van der Waals surface area contributed by atoms with Crippen molar-refractivity contribution in [2.24, 2.45) is 4.99 Å². The smallest absolute Gasteiger partial charge is 0.257 e. The molecule has 0 radical (unpaired) electrons. The average molecular weight is 819 g/mol. The average Bonchev–Trinajstić information content (AvgIpc) is 3.62. The van der Waals surface area contributed by atoms with Gasteiger partial charge in [-0.15, -0.1) is 0 Å². The zero-order chi connectivity index (χ0) is 41.4. The van der Waals surface area contributed by atoms with Gasteiger partial charge >= 0.3 is 0 Å². The highest BCUT2D eigenvalue weighted by Gasteiger charge is 2.30. The molecule has 0 aliphatic carbocycles. The Kier molecular flexibility index (Phi) is 17.0. The van der Waals surface area contributed by atoms with Crippen LogP contribution >= 0.6 is 11.2 Å². The molecular formula is C51H66N2O5S. The first-order valence-electron chi connectivity index (χ1n) is 22.6. The number of hydrogen-bond acceptors (Lipinski definition) is 7. The molecule has 0 saturated heterocycles. The van der Waals surface area contributed by atoms with Crippen LogP contribution in [0.25, 0.3) is 43.4 Å². The molecule has 0 N–H and O–H groups in total. The number of rotatable bonds is 25. The highest BCUT2D eigenvalue weighted by atomic mass is 32.2. The molecule has 5 aromatic rings. The molecule has 0 aromatic heterocycles. The lowest BCUT2D eigenvalue weighted by atomic mass is 9.88. The molecule has 8 heteroatoms. The van der Waals surface area contributed by atoms with E-state index >= 15 is 0 Å². The van der Waals surface area contributed by atoms with Gasteiger partial charge in [-0.3, -0.25) is 0 Å². The zero-order valence-corrected chi connectivity index (χ0v) is 37.2. The molecule has 1 aliphatic heterocycles. The van der Waals surface area contributed by atoms with Gasteiger partial charge in [0.25, 0.3) is 5.23 Å². The van der Waals surface area contributed by atoms with Crippen LogP contribution in [0.3, 0.4) is 0 Å². The molecule has 1 unspecified atom stereocenters. The van der Waals surface area contributed by atoms with Crippen LogP contribution in [0.5, 0.6) is 17.2 Å². The number of fused-ring (bicyclic) bond motifs is 8. The summed E-state index contributed by atoms with van der Waals surface area (Å²) in [5.41, 5.74) is 3.61. The number of benzene rings is 5. The van der Waals surface area contributed by atoms with Gasteiger partial charge in [0.15, 0.2) is 11.5 Å². The topological polar surface area (TPSA) is 82.3 Å². The Morgan fingerprint density at radius 1 is 0.525 bits per heavy atom. The fourth-order valence-electron chi connectivity index (χ4n) is 7.80. The van der Waals surface area contributed by atoms with Gasteiger partial charge in [-0.2, -0.15) is 5.26 Å². The number of hydrogen-bond donors (Lipinski definition) is 1. The third-order valence-corrected chi connectivity index (χ3v) is 12.9. The second-order valence-electron chi connectivity index (χ2n) is 15.7. The lowest BCUT2D eigenvalue weighted by molar-refractivity contribution is 0.260. The normalized spacial score (nSPS) is 14.1. The van der Waals surface area contributed by atoms with Crippen molar-refractivity contribution in [2.45, 2.75) is 136 Å². The van der Waals surface area contributed by atoms with Crippen molar-refractivity contribution in [3.63, 3.8) is 0 Å². The summed E-state index contributed by atoms with van der Waals surface area (Å²) in [6.45, 7) is 14.3. The van der Waals surface area contributed by atoms with Crippen molar-refractivity contribution in [1.82, 2.24) is 0 Å². The first kappa shape index (κ1) is 44.1. The zero-order valence-electron chi connectivity index (χ0n) is 36.3. The summed E-state index contributed by atoms with van der Waals surface area (Å²) in [7, 11) is 0. The van der Waals surface area contributed by atoms with E-state index in [9.17, 15) is 5.26 Å². The molecule has 0 spiro atoms. The Morgan fingerprint density at radius 3 is 1.66 bits per heavy atom. The predicted molar refractivity (Wildman–Crippen MR) is 249 cm³/mol. The molecule has 1 aliphatic rings. The summed E-state index contributed by atoms with van der Waals surface area (Å²) in [5, 5.41) is 16.9. The maximum atomic E-state index is 9.71. The maximum Gasteiger partial charge on any atom is 0.257 e. The fraction of sp³-hybridized carbons (Fsp3) is 0.490. The second-order valence-corrected chi connectivity index (χ2v) is 17.4. The first-order valence-corrected chi connectivity index (χ1v) is 23.9. The molecule has 59 heavy (non-hydrogen) atoms. The van der Waals surface area contributed by atoms with Gasteiger partial charge in [0.05, 0.1) is 50.4 Å². The molecule has 0 saturated carbocycles. The highest BCUT2D eigenvalue weighted by molar-refractivity contribution is 8.26. The summed E-state index contributed by atoms with van der Waals surface area (Å²) < 4.78 is 33.1. The molecule has 316 valence electrons. The van der Waals surface area contributed by atoms with Gasteiger partial charge < -0.3 is 23.1 Å². The number of nitriles is 1. The number of thiol groups is 1. The fourth-order valence-corrected chi connectivity index (χ4v) is 9.53. The van der Waals surface area contributed by atoms with Crippen molar-refractivity contribution < 1.29 is 23.1 Å². The molecule has 1 heterocycles. The SMILES string of the molecule is CCCCCOC1=Nc2c(ccc3c4c(-c5ccc(C#N)cc5)cc(OCCCCC)cc4c4cc(OCCCCC)c(OCCCCC)cc4c23)[SH]1OCCCCC. The van der Waals surface area contributed by atoms with Crippen molar-refractivity contribution >= 4 is 54.4 Å². The van der Waals surface area contributed by atoms with Gasteiger partial charge in [0, 0.05) is 10.3 Å². The van der Waals surface area contributed by atoms with E-state index in [2.05, 4.69) is 89.2 Å². The Hall–Kier alpha value is -4.45. The predicted octanol–water partition coefficient (Wildman–Crippen LogP) is 15.1. The van der Waals surface area contributed by atoms with Gasteiger partial charge in [-0.25, -0.2) is 4.99 Å². The van der Waals surface area contributed by atoms with Crippen molar-refractivity contribution in [2.75, 3.05) is 33.0 Å². The summed E-state index contributed by atoms with van der Waals surface area (Å²) in [6, 6.07) is 23.5. The van der Waals surface area contributed by atoms with Crippen LogP contribution < -0.4 is 14.2 Å². The van der Waals surface area contributed by atoms with Crippen molar-refractivity contribution in [3.05, 3.63) is 66.2 Å². The maximum absolute atomic E-state index is 9.71. The van der Waals surface area contributed by atoms with Crippen LogP contribution in [-0.4, -0.2) is 38.3 Å². The summed E-state index contributed by atoms with van der Waals surface area (Å²) in [5.74, 6) is 2.35. The van der Waals surface area contributed by atoms with E-state index in [0.717, 1.165) is 168 Å². The van der Waals surface area contributed by atoms with E-state index in [1.807, 2.05) is 12.1 Å². The number of unbranched alkanes of at least 4 members (excludes halogenated alkanes) is 10. The Bertz CT molecular complexity index is 2210. The van der Waals surface area contributed by atoms with Crippen LogP contribution in [0, 0.1) is 11.3 Å². The Labute approximate surface area is 356 Å². The standard InChI is InChI=1S/C51H66N2O5S/c1-6-11-16-27-54-39-32-41(38-23-21-37(36-52)22-24-38)48-40-25-26-47-50(53-51(57-30-19-14-9-4)59(47)58-31-20-15-10-5)49(40)44-35-46(56-29-18-13-8-3)45(55-28-17-12-7-2)34-42(44)43(48)33-39/h21-26,32-35,59H,6-20,27-31H2,1-5H3. The lowest BCUT2D eigenvalue weighted by Crippen LogP contribution is -2.07. The van der Waals surface area contributed by atoms with Crippen molar-refractivity contribution in [1.29, 1.82) is 5.26 Å². The minimum atomic E-state index is -1.22. The molecule has 0 bridgehead atoms. The van der Waals surface area contributed by atoms with E-state index < -0.39 is 11.2 Å². The third kappa shape index (κ3) is 10.8. The summed E-state index contributed by atoms with van der Waals surface area (Å²) >= 11 is -1.22. The van der Waals surface area contributed by atoms with E-state index in [1.54, 1.807) is 0 Å². The molecule has 7 nitrogen and oxygen atoms in total. The third-order valence-electron chi connectivity index (χ3n) is 11.1. The van der Waals surface area contributed by atoms with E-state index in [-0.39, 0.29) is 0 Å². The van der Waals surface area contributed by atoms with Crippen LogP contribution in [0.15, 0.2) is 70.6 Å². The van der Waals surface area contributed by atoms with Gasteiger partial charge in [-0.05, 0) is 124 Å². The van der Waals surface area contributed by atoms with Gasteiger partial charge in [0.2, 0.25) is 0 Å². The lowest BCUT2D eigenvalue weighted by Gasteiger charge is -2.22. The van der Waals surface area contributed by atoms with Crippen LogP contribution in [0.4, 0.5) is 5.69 Å². The second kappa shape index (κ2) is 22.8. The Balaban J connectivity index is 1.66. The summed E-state index contributed by atoms with van der Waals surface area (Å²) in [4.78, 5) is 6.48. The number of aliphatic imine (C=N–C) groups is 1. The first-order chi connectivity index (χ1) is 29.1. The van der Waals surface area contributed by atoms with Crippen LogP contribution in [0.1, 0.15) is 136 Å². The minimum Gasteiger partial charge on any atom is -0.494 e. The van der Waals surface area contributed by atoms with Gasteiger partial charge in [-0.1, -0.05) is 117 Å². The van der Waals surface area contributed by atoms with E-state index in [4.69, 9.17) is 28.1 Å². The quantitative estimate of drug-likeness (QED) is 0.0359. The number of ether oxygens (including phenoxy) is 4. The molecule has 6 rings (SSSR count). The van der Waals surface area contributed by atoms with Crippen LogP contribution in [0.2, 0.25) is 0 Å². The molecule has 5 aromatic carbocycles. The number of nitrogens with zero attached hydrogens (tertiary/aromatic N) is 2. The Morgan fingerprint density at radius 2 is 1.07 bits per heavy atom. The van der Waals surface area contributed by atoms with E-state index in [0.29, 0.717) is 43.8 Å². The summed E-state index contributed by atoms with van der Waals surface area (Å²) in [6.07, 6.45) is 16.1. The minimum absolute atomic E-state index is 0.622. The van der Waals surface area contributed by atoms with Crippen LogP contribution in [-0.2, 0) is 8.92 Å². The largest absolute Gasteiger partial charge is 0.494 e. The van der Waals surface area contributed by atoms with Gasteiger partial charge in [0.1, 0.15) is 5.75 Å². The van der Waals surface area contributed by atoms with E-state index in [1.165, 1.54) is 0 Å². The molecular weight excluding hydrogens is 753 g/mol. The monoisotopic (exact) mass is 818 g/mol.